The van der Waals surface area contributed by atoms with Crippen molar-refractivity contribution in [3.63, 3.8) is 0 Å². The normalized spacial score (nSPS) is 13.0. The molecule has 136 valence electrons. The third kappa shape index (κ3) is 5.70. The molecule has 0 aromatic heterocycles. The first-order valence-corrected chi connectivity index (χ1v) is 9.92. The molecule has 0 saturated heterocycles. The topological polar surface area (TPSA) is 43.4 Å². The van der Waals surface area contributed by atoms with Gasteiger partial charge >= 0.3 is 6.15 Å². The van der Waals surface area contributed by atoms with Gasteiger partial charge in [-0.25, -0.2) is 0 Å². The quantitative estimate of drug-likeness (QED) is 0.495. The summed E-state index contributed by atoms with van der Waals surface area (Å²) in [6, 6.07) is 14.6. The van der Waals surface area contributed by atoms with Gasteiger partial charge < -0.3 is 4.74 Å². The lowest BCUT2D eigenvalue weighted by molar-refractivity contribution is -0.191. The van der Waals surface area contributed by atoms with Crippen LogP contribution in [0.5, 0.6) is 5.75 Å². The van der Waals surface area contributed by atoms with Crippen LogP contribution in [0.3, 0.4) is 0 Å². The fraction of sp³-hybridized carbons (Fsp3) is 0.286. The van der Waals surface area contributed by atoms with Crippen molar-refractivity contribution in [1.29, 1.82) is 0 Å². The van der Waals surface area contributed by atoms with Crippen molar-refractivity contribution in [2.24, 2.45) is 0 Å². The molecule has 1 aliphatic rings. The Morgan fingerprint density at radius 3 is 2.42 bits per heavy atom. The maximum absolute atomic E-state index is 8.12. The molecule has 0 bridgehead atoms. The minimum absolute atomic E-state index is 0.250. The predicted molar refractivity (Wildman–Crippen MR) is 111 cm³/mol. The minimum Gasteiger partial charge on any atom is -0.488 e. The van der Waals surface area contributed by atoms with E-state index < -0.39 is 0 Å². The number of carbonyl (C=O) groups excluding carboxylic acids is 2. The van der Waals surface area contributed by atoms with Gasteiger partial charge in [-0.3, -0.25) is 0 Å². The van der Waals surface area contributed by atoms with Crippen LogP contribution < -0.4 is 4.74 Å². The van der Waals surface area contributed by atoms with Crippen LogP contribution >= 0.6 is 34.2 Å². The van der Waals surface area contributed by atoms with Crippen LogP contribution in [0.1, 0.15) is 37.3 Å². The second kappa shape index (κ2) is 10.5. The third-order valence-electron chi connectivity index (χ3n) is 4.33. The van der Waals surface area contributed by atoms with Crippen LogP contribution in [-0.4, -0.2) is 12.8 Å². The number of allylic oxidation sites excluding steroid dienone is 1. The van der Waals surface area contributed by atoms with Gasteiger partial charge in [0, 0.05) is 5.02 Å². The Morgan fingerprint density at radius 2 is 1.81 bits per heavy atom. The van der Waals surface area contributed by atoms with E-state index in [2.05, 4.69) is 59.8 Å². The second-order valence-electron chi connectivity index (χ2n) is 5.93. The Kier molecular flexibility index (Phi) is 8.36. The molecule has 0 atom stereocenters. The smallest absolute Gasteiger partial charge is 0.373 e. The van der Waals surface area contributed by atoms with E-state index >= 15 is 0 Å². The zero-order valence-electron chi connectivity index (χ0n) is 14.6. The van der Waals surface area contributed by atoms with E-state index in [-0.39, 0.29) is 6.15 Å². The molecule has 0 radical (unpaired) electrons. The van der Waals surface area contributed by atoms with E-state index in [0.717, 1.165) is 30.0 Å². The standard InChI is InChI=1S/C20H20ClIO.CO2/c1-2-14-6-11-20(19(22)12-14)23-13-16-4-3-5-18(16)15-7-9-17(21)10-8-15;2-1-3/h6-12H,2-5,13H2,1H3;. The van der Waals surface area contributed by atoms with Gasteiger partial charge in [0.05, 0.1) is 3.57 Å². The highest BCUT2D eigenvalue weighted by molar-refractivity contribution is 14.1. The van der Waals surface area contributed by atoms with Crippen molar-refractivity contribution in [3.05, 3.63) is 67.8 Å². The van der Waals surface area contributed by atoms with Crippen LogP contribution in [0.25, 0.3) is 5.57 Å². The number of ether oxygens (including phenoxy) is 1. The summed E-state index contributed by atoms with van der Waals surface area (Å²) in [4.78, 5) is 16.2. The first-order valence-electron chi connectivity index (χ1n) is 8.46. The number of benzene rings is 2. The van der Waals surface area contributed by atoms with Gasteiger partial charge in [-0.1, -0.05) is 36.7 Å². The summed E-state index contributed by atoms with van der Waals surface area (Å²) in [6.45, 7) is 2.85. The van der Waals surface area contributed by atoms with Gasteiger partial charge in [-0.05, 0) is 94.8 Å². The number of hydrogen-bond acceptors (Lipinski definition) is 3. The summed E-state index contributed by atoms with van der Waals surface area (Å²) < 4.78 is 7.29. The highest BCUT2D eigenvalue weighted by atomic mass is 127. The van der Waals surface area contributed by atoms with Crippen molar-refractivity contribution in [3.8, 4) is 5.75 Å². The fourth-order valence-corrected chi connectivity index (χ4v) is 3.87. The van der Waals surface area contributed by atoms with Gasteiger partial charge in [-0.2, -0.15) is 9.59 Å². The average molecular weight is 483 g/mol. The lowest BCUT2D eigenvalue weighted by Gasteiger charge is -2.12. The molecule has 0 spiro atoms. The highest BCUT2D eigenvalue weighted by Gasteiger charge is 2.17. The Bertz CT molecular complexity index is 807. The van der Waals surface area contributed by atoms with E-state index in [1.54, 1.807) is 0 Å². The molecule has 0 heterocycles. The van der Waals surface area contributed by atoms with Crippen molar-refractivity contribution in [2.45, 2.75) is 32.6 Å². The zero-order chi connectivity index (χ0) is 18.9. The molecular weight excluding hydrogens is 463 g/mol. The number of hydrogen-bond donors (Lipinski definition) is 0. The summed E-state index contributed by atoms with van der Waals surface area (Å²) in [5.41, 5.74) is 5.48. The Morgan fingerprint density at radius 1 is 1.12 bits per heavy atom. The number of halogens is 2. The SMILES string of the molecule is CCc1ccc(OCC2=C(c3ccc(Cl)cc3)CCC2)c(I)c1.O=C=O. The second-order valence-corrected chi connectivity index (χ2v) is 7.53. The summed E-state index contributed by atoms with van der Waals surface area (Å²) in [6.07, 6.45) is 4.78. The van der Waals surface area contributed by atoms with Crippen LogP contribution in [0, 0.1) is 3.57 Å². The predicted octanol–water partition coefficient (Wildman–Crippen LogP) is 5.94. The van der Waals surface area contributed by atoms with Gasteiger partial charge in [0.1, 0.15) is 12.4 Å². The molecule has 5 heteroatoms. The summed E-state index contributed by atoms with van der Waals surface area (Å²) in [5, 5.41) is 0.788. The number of aryl methyl sites for hydroxylation is 1. The highest BCUT2D eigenvalue weighted by Crippen LogP contribution is 2.35. The molecule has 0 fully saturated rings. The average Bonchev–Trinajstić information content (AvgIpc) is 3.10. The molecule has 3 rings (SSSR count). The zero-order valence-corrected chi connectivity index (χ0v) is 17.5. The monoisotopic (exact) mass is 482 g/mol. The maximum Gasteiger partial charge on any atom is 0.373 e. The van der Waals surface area contributed by atoms with E-state index in [9.17, 15) is 0 Å². The first-order chi connectivity index (χ1) is 12.6. The molecule has 0 saturated carbocycles. The molecule has 0 amide bonds. The summed E-state index contributed by atoms with van der Waals surface area (Å²) in [7, 11) is 0. The molecule has 2 aromatic carbocycles. The Balaban J connectivity index is 0.000000758. The molecule has 0 unspecified atom stereocenters. The van der Waals surface area contributed by atoms with Crippen LogP contribution in [-0.2, 0) is 16.0 Å². The van der Waals surface area contributed by atoms with Crippen molar-refractivity contribution in [1.82, 2.24) is 0 Å². The summed E-state index contributed by atoms with van der Waals surface area (Å²) >= 11 is 8.36. The Labute approximate surface area is 172 Å². The van der Waals surface area contributed by atoms with Crippen molar-refractivity contribution >= 4 is 45.9 Å². The molecule has 0 aliphatic heterocycles. The maximum atomic E-state index is 8.12. The molecule has 0 N–H and O–H groups in total. The number of rotatable bonds is 5. The fourth-order valence-electron chi connectivity index (χ4n) is 3.01. The molecular formula is C21H20ClIO3. The van der Waals surface area contributed by atoms with E-state index in [1.807, 2.05) is 12.1 Å². The van der Waals surface area contributed by atoms with Crippen LogP contribution in [0.15, 0.2) is 48.0 Å². The molecule has 2 aromatic rings. The van der Waals surface area contributed by atoms with Crippen molar-refractivity contribution < 1.29 is 14.3 Å². The van der Waals surface area contributed by atoms with Gasteiger partial charge in [0.15, 0.2) is 0 Å². The van der Waals surface area contributed by atoms with Crippen LogP contribution in [0.2, 0.25) is 5.02 Å². The molecule has 26 heavy (non-hydrogen) atoms. The lowest BCUT2D eigenvalue weighted by atomic mass is 10.0. The third-order valence-corrected chi connectivity index (χ3v) is 5.43. The van der Waals surface area contributed by atoms with Gasteiger partial charge in [0.25, 0.3) is 0 Å². The molecule has 1 aliphatic carbocycles. The lowest BCUT2D eigenvalue weighted by Crippen LogP contribution is -2.02. The van der Waals surface area contributed by atoms with E-state index in [0.29, 0.717) is 6.61 Å². The Hall–Kier alpha value is -1.62. The van der Waals surface area contributed by atoms with Gasteiger partial charge in [0.2, 0.25) is 0 Å². The molecule has 3 nitrogen and oxygen atoms in total. The van der Waals surface area contributed by atoms with E-state index in [1.165, 1.54) is 32.3 Å². The summed E-state index contributed by atoms with van der Waals surface area (Å²) in [5.74, 6) is 0.984. The van der Waals surface area contributed by atoms with E-state index in [4.69, 9.17) is 25.9 Å². The largest absolute Gasteiger partial charge is 0.488 e. The minimum atomic E-state index is 0.250. The van der Waals surface area contributed by atoms with Gasteiger partial charge in [-0.15, -0.1) is 0 Å². The van der Waals surface area contributed by atoms with Crippen LogP contribution in [0.4, 0.5) is 0 Å². The van der Waals surface area contributed by atoms with Crippen molar-refractivity contribution in [2.75, 3.05) is 6.61 Å². The first kappa shape index (κ1) is 20.7.